The molecule has 0 aliphatic heterocycles. The molecule has 1 aromatic carbocycles. The first-order valence-corrected chi connectivity index (χ1v) is 6.41. The Balaban J connectivity index is 2.12. The van der Waals surface area contributed by atoms with Crippen LogP contribution in [0.2, 0.25) is 10.0 Å². The van der Waals surface area contributed by atoms with Crippen molar-refractivity contribution in [2.24, 2.45) is 0 Å². The van der Waals surface area contributed by atoms with E-state index < -0.39 is 0 Å². The molecule has 0 saturated heterocycles. The molecule has 0 bridgehead atoms. The van der Waals surface area contributed by atoms with Crippen LogP contribution in [0.5, 0.6) is 5.75 Å². The number of rotatable bonds is 6. The minimum Gasteiger partial charge on any atom is -0.489 e. The van der Waals surface area contributed by atoms with E-state index in [4.69, 9.17) is 33.0 Å². The Kier molecular flexibility index (Phi) is 4.51. The van der Waals surface area contributed by atoms with Crippen molar-refractivity contribution in [2.75, 3.05) is 13.2 Å². The third-order valence-electron chi connectivity index (χ3n) is 2.58. The van der Waals surface area contributed by atoms with Crippen molar-refractivity contribution < 1.29 is 9.84 Å². The summed E-state index contributed by atoms with van der Waals surface area (Å²) in [6.45, 7) is 0.887. The molecule has 1 saturated carbocycles. The number of hydrogen-bond donors (Lipinski definition) is 2. The standard InChI is InChI=1S/C12H15Cl2NO2/c13-9-5-8(7-15-10-1-2-10)12(11(14)6-9)17-4-3-16/h5-6,10,15-16H,1-4,7H2. The third kappa shape index (κ3) is 3.75. The van der Waals surface area contributed by atoms with E-state index in [0.717, 1.165) is 5.56 Å². The number of nitrogens with one attached hydrogen (secondary N) is 1. The molecule has 0 amide bonds. The molecular formula is C12H15Cl2NO2. The SMILES string of the molecule is OCCOc1c(Cl)cc(Cl)cc1CNC1CC1. The van der Waals surface area contributed by atoms with Gasteiger partial charge in [0.15, 0.2) is 0 Å². The summed E-state index contributed by atoms with van der Waals surface area (Å²) in [7, 11) is 0. The fraction of sp³-hybridized carbons (Fsp3) is 0.500. The van der Waals surface area contributed by atoms with Gasteiger partial charge in [-0.1, -0.05) is 23.2 Å². The maximum atomic E-state index is 8.78. The van der Waals surface area contributed by atoms with Gasteiger partial charge in [-0.05, 0) is 25.0 Å². The largest absolute Gasteiger partial charge is 0.489 e. The second-order valence-electron chi connectivity index (χ2n) is 4.10. The summed E-state index contributed by atoms with van der Waals surface area (Å²) < 4.78 is 5.44. The van der Waals surface area contributed by atoms with E-state index in [9.17, 15) is 0 Å². The summed E-state index contributed by atoms with van der Waals surface area (Å²) in [4.78, 5) is 0. The van der Waals surface area contributed by atoms with Crippen LogP contribution in [0.15, 0.2) is 12.1 Å². The molecule has 2 rings (SSSR count). The molecule has 0 aromatic heterocycles. The quantitative estimate of drug-likeness (QED) is 0.839. The van der Waals surface area contributed by atoms with Gasteiger partial charge in [0.05, 0.1) is 11.6 Å². The molecule has 1 aliphatic carbocycles. The molecule has 3 nitrogen and oxygen atoms in total. The molecule has 0 unspecified atom stereocenters. The van der Waals surface area contributed by atoms with Crippen molar-refractivity contribution in [1.82, 2.24) is 5.32 Å². The lowest BCUT2D eigenvalue weighted by atomic mass is 10.2. The van der Waals surface area contributed by atoms with Crippen molar-refractivity contribution in [3.05, 3.63) is 27.7 Å². The Morgan fingerprint density at radius 2 is 2.12 bits per heavy atom. The van der Waals surface area contributed by atoms with Crippen molar-refractivity contribution in [1.29, 1.82) is 0 Å². The average molecular weight is 276 g/mol. The predicted molar refractivity (Wildman–Crippen MR) is 68.9 cm³/mol. The number of aliphatic hydroxyl groups excluding tert-OH is 1. The first-order chi connectivity index (χ1) is 8.20. The molecule has 1 aliphatic rings. The van der Waals surface area contributed by atoms with Crippen molar-refractivity contribution in [3.8, 4) is 5.75 Å². The third-order valence-corrected chi connectivity index (χ3v) is 3.08. The van der Waals surface area contributed by atoms with Crippen LogP contribution in [0.1, 0.15) is 18.4 Å². The highest BCUT2D eigenvalue weighted by Gasteiger charge is 2.21. The van der Waals surface area contributed by atoms with Crippen LogP contribution in [0.4, 0.5) is 0 Å². The fourth-order valence-electron chi connectivity index (χ4n) is 1.60. The van der Waals surface area contributed by atoms with E-state index in [2.05, 4.69) is 5.32 Å². The van der Waals surface area contributed by atoms with Crippen LogP contribution in [0.25, 0.3) is 0 Å². The predicted octanol–water partition coefficient (Wildman–Crippen LogP) is 2.62. The second kappa shape index (κ2) is 5.91. The van der Waals surface area contributed by atoms with Crippen molar-refractivity contribution in [3.63, 3.8) is 0 Å². The van der Waals surface area contributed by atoms with Crippen LogP contribution in [0.3, 0.4) is 0 Å². The van der Waals surface area contributed by atoms with Gasteiger partial charge in [-0.15, -0.1) is 0 Å². The highest BCUT2D eigenvalue weighted by atomic mass is 35.5. The molecule has 1 fully saturated rings. The zero-order valence-electron chi connectivity index (χ0n) is 9.38. The number of hydrogen-bond acceptors (Lipinski definition) is 3. The summed E-state index contributed by atoms with van der Waals surface area (Å²) in [6, 6.07) is 4.10. The minimum atomic E-state index is -0.0333. The Morgan fingerprint density at radius 1 is 1.35 bits per heavy atom. The van der Waals surface area contributed by atoms with Gasteiger partial charge in [0.1, 0.15) is 12.4 Å². The van der Waals surface area contributed by atoms with Crippen molar-refractivity contribution in [2.45, 2.75) is 25.4 Å². The van der Waals surface area contributed by atoms with Gasteiger partial charge in [0.25, 0.3) is 0 Å². The summed E-state index contributed by atoms with van der Waals surface area (Å²) >= 11 is 12.1. The molecular weight excluding hydrogens is 261 g/mol. The van der Waals surface area contributed by atoms with E-state index in [0.29, 0.717) is 28.4 Å². The van der Waals surface area contributed by atoms with Gasteiger partial charge in [-0.3, -0.25) is 0 Å². The Morgan fingerprint density at radius 3 is 2.76 bits per heavy atom. The topological polar surface area (TPSA) is 41.5 Å². The molecule has 1 aromatic rings. The molecule has 0 heterocycles. The van der Waals surface area contributed by atoms with Crippen LogP contribution < -0.4 is 10.1 Å². The average Bonchev–Trinajstić information content (AvgIpc) is 3.08. The maximum absolute atomic E-state index is 8.78. The van der Waals surface area contributed by atoms with E-state index >= 15 is 0 Å². The van der Waals surface area contributed by atoms with Crippen LogP contribution in [0, 0.1) is 0 Å². The Hall–Kier alpha value is -0.480. The van der Waals surface area contributed by atoms with Crippen LogP contribution in [-0.2, 0) is 6.54 Å². The van der Waals surface area contributed by atoms with Gasteiger partial charge >= 0.3 is 0 Å². The number of ether oxygens (including phenoxy) is 1. The smallest absolute Gasteiger partial charge is 0.142 e. The lowest BCUT2D eigenvalue weighted by Gasteiger charge is -2.13. The molecule has 17 heavy (non-hydrogen) atoms. The molecule has 0 spiro atoms. The van der Waals surface area contributed by atoms with Gasteiger partial charge in [0.2, 0.25) is 0 Å². The van der Waals surface area contributed by atoms with E-state index in [-0.39, 0.29) is 13.2 Å². The van der Waals surface area contributed by atoms with E-state index in [1.165, 1.54) is 12.8 Å². The molecule has 0 atom stereocenters. The van der Waals surface area contributed by atoms with Crippen LogP contribution >= 0.6 is 23.2 Å². The van der Waals surface area contributed by atoms with Gasteiger partial charge in [0, 0.05) is 23.2 Å². The highest BCUT2D eigenvalue weighted by Crippen LogP contribution is 2.33. The van der Waals surface area contributed by atoms with E-state index in [1.807, 2.05) is 6.07 Å². The van der Waals surface area contributed by atoms with Gasteiger partial charge < -0.3 is 15.2 Å². The normalized spacial score (nSPS) is 15.0. The minimum absolute atomic E-state index is 0.0333. The van der Waals surface area contributed by atoms with Gasteiger partial charge in [-0.2, -0.15) is 0 Å². The summed E-state index contributed by atoms with van der Waals surface area (Å²) in [5.41, 5.74) is 0.933. The first-order valence-electron chi connectivity index (χ1n) is 5.65. The lowest BCUT2D eigenvalue weighted by molar-refractivity contribution is 0.200. The summed E-state index contributed by atoms with van der Waals surface area (Å²) in [5, 5.41) is 13.2. The van der Waals surface area contributed by atoms with Crippen molar-refractivity contribution >= 4 is 23.2 Å². The molecule has 0 radical (unpaired) electrons. The highest BCUT2D eigenvalue weighted by molar-refractivity contribution is 6.35. The number of aliphatic hydroxyl groups is 1. The lowest BCUT2D eigenvalue weighted by Crippen LogP contribution is -2.16. The molecule has 94 valence electrons. The second-order valence-corrected chi connectivity index (χ2v) is 4.95. The van der Waals surface area contributed by atoms with Gasteiger partial charge in [-0.25, -0.2) is 0 Å². The Bertz CT molecular complexity index is 394. The zero-order chi connectivity index (χ0) is 12.3. The maximum Gasteiger partial charge on any atom is 0.142 e. The molecule has 2 N–H and O–H groups in total. The Labute approximate surface area is 111 Å². The fourth-order valence-corrected chi connectivity index (χ4v) is 2.19. The summed E-state index contributed by atoms with van der Waals surface area (Å²) in [5.74, 6) is 0.610. The zero-order valence-corrected chi connectivity index (χ0v) is 10.9. The number of halogens is 2. The van der Waals surface area contributed by atoms with E-state index in [1.54, 1.807) is 6.07 Å². The summed E-state index contributed by atoms with van der Waals surface area (Å²) in [6.07, 6.45) is 2.45. The van der Waals surface area contributed by atoms with Crippen LogP contribution in [-0.4, -0.2) is 24.4 Å². The monoisotopic (exact) mass is 275 g/mol. The molecule has 5 heteroatoms. The first kappa shape index (κ1) is 13.0. The number of benzene rings is 1.